The van der Waals surface area contributed by atoms with E-state index in [0.29, 0.717) is 34.7 Å². The van der Waals surface area contributed by atoms with Crippen LogP contribution in [-0.2, 0) is 17.1 Å². The van der Waals surface area contributed by atoms with Crippen LogP contribution < -0.4 is 4.74 Å². The van der Waals surface area contributed by atoms with Crippen LogP contribution in [-0.4, -0.2) is 26.9 Å². The van der Waals surface area contributed by atoms with Crippen molar-refractivity contribution < 1.29 is 14.4 Å². The summed E-state index contributed by atoms with van der Waals surface area (Å²) < 4.78 is 10.8. The summed E-state index contributed by atoms with van der Waals surface area (Å²) in [4.78, 5) is 15.2. The first-order valence-electron chi connectivity index (χ1n) is 7.82. The molecule has 0 unspecified atom stereocenters. The van der Waals surface area contributed by atoms with Crippen molar-refractivity contribution >= 4 is 17.4 Å². The first-order chi connectivity index (χ1) is 12.7. The summed E-state index contributed by atoms with van der Waals surface area (Å²) in [6.45, 7) is 0.439. The van der Waals surface area contributed by atoms with Gasteiger partial charge in [-0.2, -0.15) is 0 Å². The smallest absolute Gasteiger partial charge is 0.270 e. The predicted octanol–water partition coefficient (Wildman–Crippen LogP) is 3.54. The number of nitro benzene ring substituents is 1. The molecule has 0 fully saturated rings. The maximum atomic E-state index is 11.2. The van der Waals surface area contributed by atoms with Crippen molar-refractivity contribution in [2.75, 3.05) is 6.79 Å². The van der Waals surface area contributed by atoms with Gasteiger partial charge in [-0.3, -0.25) is 15.2 Å². The number of thioether (sulfide) groups is 1. The van der Waals surface area contributed by atoms with Crippen LogP contribution in [0.1, 0.15) is 11.1 Å². The number of aromatic nitrogens is 3. The highest BCUT2D eigenvalue weighted by molar-refractivity contribution is 7.98. The van der Waals surface area contributed by atoms with E-state index in [1.54, 1.807) is 0 Å². The van der Waals surface area contributed by atoms with Gasteiger partial charge < -0.3 is 9.47 Å². The van der Waals surface area contributed by atoms with Crippen molar-refractivity contribution in [1.29, 1.82) is 0 Å². The van der Waals surface area contributed by atoms with E-state index >= 15 is 0 Å². The van der Waals surface area contributed by atoms with Gasteiger partial charge in [0.05, 0.1) is 11.5 Å². The molecule has 0 radical (unpaired) electrons. The van der Waals surface area contributed by atoms with E-state index in [-0.39, 0.29) is 12.5 Å². The third kappa shape index (κ3) is 3.39. The van der Waals surface area contributed by atoms with Gasteiger partial charge in [-0.05, 0) is 0 Å². The number of H-pyrrole nitrogens is 1. The number of benzene rings is 2. The lowest BCUT2D eigenvalue weighted by Gasteiger charge is -2.20. The second-order valence-electron chi connectivity index (χ2n) is 5.58. The van der Waals surface area contributed by atoms with E-state index in [9.17, 15) is 10.1 Å². The van der Waals surface area contributed by atoms with Crippen molar-refractivity contribution in [1.82, 2.24) is 15.2 Å². The van der Waals surface area contributed by atoms with E-state index in [1.807, 2.05) is 30.3 Å². The van der Waals surface area contributed by atoms with Crippen LogP contribution in [0.3, 0.4) is 0 Å². The molecular weight excluding hydrogens is 356 g/mol. The predicted molar refractivity (Wildman–Crippen MR) is 94.8 cm³/mol. The number of hydrogen-bond donors (Lipinski definition) is 1. The Balaban J connectivity index is 1.55. The fourth-order valence-corrected chi connectivity index (χ4v) is 3.44. The summed E-state index contributed by atoms with van der Waals surface area (Å²) in [5.41, 5.74) is 2.38. The number of hydrogen-bond acceptors (Lipinski definition) is 7. The summed E-state index contributed by atoms with van der Waals surface area (Å²) >= 11 is 1.39. The number of aromatic amines is 1. The van der Waals surface area contributed by atoms with Crippen molar-refractivity contribution in [2.24, 2.45) is 0 Å². The van der Waals surface area contributed by atoms with Gasteiger partial charge in [0.25, 0.3) is 5.69 Å². The van der Waals surface area contributed by atoms with Gasteiger partial charge in [0.1, 0.15) is 5.75 Å². The van der Waals surface area contributed by atoms with E-state index in [0.717, 1.165) is 11.1 Å². The van der Waals surface area contributed by atoms with Gasteiger partial charge in [-0.15, -0.1) is 5.10 Å². The fourth-order valence-electron chi connectivity index (χ4n) is 2.67. The number of fused-ring (bicyclic) bond motifs is 1. The number of non-ortho nitro benzene ring substituents is 1. The first kappa shape index (κ1) is 16.6. The molecule has 9 heteroatoms. The molecule has 2 aromatic carbocycles. The molecule has 0 spiro atoms. The van der Waals surface area contributed by atoms with Gasteiger partial charge in [-0.1, -0.05) is 42.1 Å². The Morgan fingerprint density at radius 3 is 2.92 bits per heavy atom. The lowest BCUT2D eigenvalue weighted by Crippen LogP contribution is -2.13. The molecular formula is C17H14N4O4S. The van der Waals surface area contributed by atoms with Crippen LogP contribution in [0.15, 0.2) is 47.6 Å². The number of nitro groups is 1. The Bertz CT molecular complexity index is 945. The minimum Gasteiger partial charge on any atom is -0.467 e. The summed E-state index contributed by atoms with van der Waals surface area (Å²) in [6, 6.07) is 12.7. The quantitative estimate of drug-likeness (QED) is 0.416. The van der Waals surface area contributed by atoms with Gasteiger partial charge in [0.2, 0.25) is 5.16 Å². The van der Waals surface area contributed by atoms with Crippen molar-refractivity contribution in [3.8, 4) is 17.1 Å². The monoisotopic (exact) mass is 370 g/mol. The Hall–Kier alpha value is -2.91. The minimum atomic E-state index is -0.413. The van der Waals surface area contributed by atoms with Gasteiger partial charge >= 0.3 is 0 Å². The Labute approximate surface area is 152 Å². The molecule has 0 saturated carbocycles. The topological polar surface area (TPSA) is 103 Å². The standard InChI is InChI=1S/C17H14N4O4S/c22-21(23)14-6-12-8-24-10-25-15(12)13(7-14)9-26-17-18-16(19-20-17)11-4-2-1-3-5-11/h1-7H,8-10H2,(H,18,19,20). The minimum absolute atomic E-state index is 0.0217. The first-order valence-corrected chi connectivity index (χ1v) is 8.80. The van der Waals surface area contributed by atoms with Crippen LogP contribution in [0, 0.1) is 10.1 Å². The maximum absolute atomic E-state index is 11.2. The number of nitrogens with zero attached hydrogens (tertiary/aromatic N) is 3. The zero-order chi connectivity index (χ0) is 17.9. The van der Waals surface area contributed by atoms with Crippen LogP contribution >= 0.6 is 11.8 Å². The molecule has 1 N–H and O–H groups in total. The van der Waals surface area contributed by atoms with Gasteiger partial charge in [-0.25, -0.2) is 4.98 Å². The zero-order valence-corrected chi connectivity index (χ0v) is 14.4. The van der Waals surface area contributed by atoms with Crippen LogP contribution in [0.4, 0.5) is 5.69 Å². The summed E-state index contributed by atoms with van der Waals surface area (Å²) in [5, 5.41) is 18.8. The molecule has 0 bridgehead atoms. The van der Waals surface area contributed by atoms with Crippen molar-refractivity contribution in [2.45, 2.75) is 17.5 Å². The van der Waals surface area contributed by atoms with E-state index in [2.05, 4.69) is 15.2 Å². The van der Waals surface area contributed by atoms with Gasteiger partial charge in [0.15, 0.2) is 12.6 Å². The number of rotatable bonds is 5. The maximum Gasteiger partial charge on any atom is 0.270 e. The average Bonchev–Trinajstić information content (AvgIpc) is 3.15. The molecule has 1 aromatic heterocycles. The Kier molecular flexibility index (Phi) is 4.55. The highest BCUT2D eigenvalue weighted by Crippen LogP contribution is 2.35. The Morgan fingerprint density at radius 1 is 1.27 bits per heavy atom. The molecule has 8 nitrogen and oxygen atoms in total. The second-order valence-corrected chi connectivity index (χ2v) is 6.52. The van der Waals surface area contributed by atoms with Crippen LogP contribution in [0.2, 0.25) is 0 Å². The number of nitrogens with one attached hydrogen (secondary N) is 1. The third-order valence-corrected chi connectivity index (χ3v) is 4.75. The average molecular weight is 370 g/mol. The molecule has 2 heterocycles. The molecule has 1 aliphatic heterocycles. The summed E-state index contributed by atoms with van der Waals surface area (Å²) in [5.74, 6) is 1.78. The van der Waals surface area contributed by atoms with E-state index in [1.165, 1.54) is 23.9 Å². The lowest BCUT2D eigenvalue weighted by atomic mass is 10.1. The zero-order valence-electron chi connectivity index (χ0n) is 13.5. The molecule has 0 atom stereocenters. The third-order valence-electron chi connectivity index (χ3n) is 3.85. The molecule has 0 amide bonds. The fraction of sp³-hybridized carbons (Fsp3) is 0.176. The normalized spacial score (nSPS) is 13.1. The van der Waals surface area contributed by atoms with E-state index < -0.39 is 4.92 Å². The molecule has 0 saturated heterocycles. The van der Waals surface area contributed by atoms with Gasteiger partial charge in [0, 0.05) is 34.6 Å². The van der Waals surface area contributed by atoms with Crippen LogP contribution in [0.5, 0.6) is 5.75 Å². The molecule has 1 aliphatic rings. The van der Waals surface area contributed by atoms with Crippen molar-refractivity contribution in [3.63, 3.8) is 0 Å². The van der Waals surface area contributed by atoms with Crippen molar-refractivity contribution in [3.05, 3.63) is 63.7 Å². The SMILES string of the molecule is O=[N+]([O-])c1cc2c(c(CSc3n[nH]c(-c4ccccc4)n3)c1)OCOC2. The van der Waals surface area contributed by atoms with E-state index in [4.69, 9.17) is 9.47 Å². The van der Waals surface area contributed by atoms with Crippen LogP contribution in [0.25, 0.3) is 11.4 Å². The lowest BCUT2D eigenvalue weighted by molar-refractivity contribution is -0.385. The molecule has 132 valence electrons. The molecule has 26 heavy (non-hydrogen) atoms. The summed E-state index contributed by atoms with van der Waals surface area (Å²) in [6.07, 6.45) is 0. The molecule has 0 aliphatic carbocycles. The largest absolute Gasteiger partial charge is 0.467 e. The Morgan fingerprint density at radius 2 is 2.12 bits per heavy atom. The molecule has 4 rings (SSSR count). The molecule has 3 aromatic rings. The number of ether oxygens (including phenoxy) is 2. The second kappa shape index (κ2) is 7.14. The highest BCUT2D eigenvalue weighted by atomic mass is 32.2. The highest BCUT2D eigenvalue weighted by Gasteiger charge is 2.21. The summed E-state index contributed by atoms with van der Waals surface area (Å²) in [7, 11) is 0.